The standard InChI is InChI=1S/C15H23NO3S/c1-16(12-15(18)7-9-19-10-8-15)14(17)6-2-4-13-5-3-11-20-13/h3,5,11,18H,2,4,6-10,12H2,1H3. The molecule has 5 heteroatoms. The average molecular weight is 297 g/mol. The fraction of sp³-hybridized carbons (Fsp3) is 0.667. The highest BCUT2D eigenvalue weighted by atomic mass is 32.1. The van der Waals surface area contributed by atoms with Gasteiger partial charge >= 0.3 is 0 Å². The number of nitrogens with zero attached hydrogens (tertiary/aromatic N) is 1. The van der Waals surface area contributed by atoms with Crippen molar-refractivity contribution in [3.63, 3.8) is 0 Å². The van der Waals surface area contributed by atoms with Gasteiger partial charge in [0.05, 0.1) is 5.60 Å². The molecule has 2 rings (SSSR count). The van der Waals surface area contributed by atoms with Crippen LogP contribution in [0.15, 0.2) is 17.5 Å². The minimum atomic E-state index is -0.767. The predicted molar refractivity (Wildman–Crippen MR) is 79.9 cm³/mol. The van der Waals surface area contributed by atoms with E-state index in [9.17, 15) is 9.90 Å². The van der Waals surface area contributed by atoms with E-state index >= 15 is 0 Å². The maximum Gasteiger partial charge on any atom is 0.222 e. The van der Waals surface area contributed by atoms with E-state index in [1.807, 2.05) is 6.07 Å². The third-order valence-corrected chi connectivity index (χ3v) is 4.71. The van der Waals surface area contributed by atoms with E-state index < -0.39 is 5.60 Å². The summed E-state index contributed by atoms with van der Waals surface area (Å²) >= 11 is 1.73. The molecule has 1 aromatic rings. The number of aliphatic hydroxyl groups is 1. The summed E-state index contributed by atoms with van der Waals surface area (Å²) in [5, 5.41) is 12.5. The topological polar surface area (TPSA) is 49.8 Å². The number of aryl methyl sites for hydroxylation is 1. The number of amides is 1. The van der Waals surface area contributed by atoms with Crippen LogP contribution in [0.25, 0.3) is 0 Å². The van der Waals surface area contributed by atoms with Gasteiger partial charge < -0.3 is 14.7 Å². The molecule has 0 atom stereocenters. The summed E-state index contributed by atoms with van der Waals surface area (Å²) in [6, 6.07) is 4.14. The van der Waals surface area contributed by atoms with Crippen molar-refractivity contribution in [3.8, 4) is 0 Å². The van der Waals surface area contributed by atoms with Crippen LogP contribution in [-0.4, -0.2) is 48.3 Å². The maximum absolute atomic E-state index is 12.1. The summed E-state index contributed by atoms with van der Waals surface area (Å²) in [6.07, 6.45) is 3.58. The largest absolute Gasteiger partial charge is 0.388 e. The van der Waals surface area contributed by atoms with Crippen LogP contribution in [0.4, 0.5) is 0 Å². The van der Waals surface area contributed by atoms with Gasteiger partial charge in [0.2, 0.25) is 5.91 Å². The Morgan fingerprint density at radius 1 is 1.50 bits per heavy atom. The Balaban J connectivity index is 1.71. The lowest BCUT2D eigenvalue weighted by atomic mass is 9.94. The smallest absolute Gasteiger partial charge is 0.222 e. The Bertz CT molecular complexity index is 413. The summed E-state index contributed by atoms with van der Waals surface area (Å²) < 4.78 is 5.25. The summed E-state index contributed by atoms with van der Waals surface area (Å²) in [7, 11) is 1.78. The lowest BCUT2D eigenvalue weighted by molar-refractivity contribution is -0.136. The molecule has 1 N–H and O–H groups in total. The van der Waals surface area contributed by atoms with Crippen molar-refractivity contribution in [2.45, 2.75) is 37.7 Å². The third kappa shape index (κ3) is 4.58. The zero-order valence-electron chi connectivity index (χ0n) is 12.0. The molecule has 1 aliphatic heterocycles. The Morgan fingerprint density at radius 3 is 2.90 bits per heavy atom. The van der Waals surface area contributed by atoms with Crippen LogP contribution in [0.3, 0.4) is 0 Å². The molecule has 1 aliphatic rings. The number of ether oxygens (including phenoxy) is 1. The lowest BCUT2D eigenvalue weighted by Gasteiger charge is -2.35. The van der Waals surface area contributed by atoms with Crippen LogP contribution in [-0.2, 0) is 16.0 Å². The van der Waals surface area contributed by atoms with Gasteiger partial charge in [-0.25, -0.2) is 0 Å². The molecule has 0 spiro atoms. The third-order valence-electron chi connectivity index (χ3n) is 3.77. The van der Waals surface area contributed by atoms with Crippen LogP contribution in [0.5, 0.6) is 0 Å². The molecule has 112 valence electrons. The van der Waals surface area contributed by atoms with Crippen molar-refractivity contribution in [1.29, 1.82) is 0 Å². The minimum absolute atomic E-state index is 0.112. The van der Waals surface area contributed by atoms with E-state index in [0.29, 0.717) is 39.0 Å². The first-order chi connectivity index (χ1) is 9.59. The zero-order chi connectivity index (χ0) is 14.4. The first kappa shape index (κ1) is 15.5. The minimum Gasteiger partial charge on any atom is -0.388 e. The number of thiophene rings is 1. The summed E-state index contributed by atoms with van der Waals surface area (Å²) in [5.41, 5.74) is -0.767. The monoisotopic (exact) mass is 297 g/mol. The number of likely N-dealkylation sites (N-methyl/N-ethyl adjacent to an activating group) is 1. The first-order valence-electron chi connectivity index (χ1n) is 7.16. The molecule has 2 heterocycles. The summed E-state index contributed by atoms with van der Waals surface area (Å²) in [4.78, 5) is 15.1. The van der Waals surface area contributed by atoms with E-state index in [-0.39, 0.29) is 5.91 Å². The van der Waals surface area contributed by atoms with Crippen molar-refractivity contribution in [2.24, 2.45) is 0 Å². The second-order valence-corrected chi connectivity index (χ2v) is 6.55. The van der Waals surface area contributed by atoms with Crippen molar-refractivity contribution >= 4 is 17.2 Å². The van der Waals surface area contributed by atoms with Gasteiger partial charge in [-0.3, -0.25) is 4.79 Å². The molecule has 0 aromatic carbocycles. The quantitative estimate of drug-likeness (QED) is 0.874. The molecule has 0 radical (unpaired) electrons. The number of hydrogen-bond acceptors (Lipinski definition) is 4. The summed E-state index contributed by atoms with van der Waals surface area (Å²) in [6.45, 7) is 1.57. The van der Waals surface area contributed by atoms with Gasteiger partial charge in [-0.1, -0.05) is 6.07 Å². The first-order valence-corrected chi connectivity index (χ1v) is 8.03. The van der Waals surface area contributed by atoms with Crippen LogP contribution >= 0.6 is 11.3 Å². The number of carbonyl (C=O) groups is 1. The molecule has 1 fully saturated rings. The second-order valence-electron chi connectivity index (χ2n) is 5.52. The van der Waals surface area contributed by atoms with Gasteiger partial charge in [0.25, 0.3) is 0 Å². The van der Waals surface area contributed by atoms with Crippen LogP contribution in [0.1, 0.15) is 30.6 Å². The fourth-order valence-corrected chi connectivity index (χ4v) is 3.25. The molecular weight excluding hydrogens is 274 g/mol. The highest BCUT2D eigenvalue weighted by Crippen LogP contribution is 2.21. The maximum atomic E-state index is 12.1. The molecule has 20 heavy (non-hydrogen) atoms. The summed E-state index contributed by atoms with van der Waals surface area (Å²) in [5.74, 6) is 0.112. The molecule has 0 saturated carbocycles. The number of carbonyl (C=O) groups excluding carboxylic acids is 1. The van der Waals surface area contributed by atoms with Crippen molar-refractivity contribution < 1.29 is 14.6 Å². The molecule has 1 saturated heterocycles. The Labute approximate surface area is 124 Å². The van der Waals surface area contributed by atoms with Crippen LogP contribution < -0.4 is 0 Å². The highest BCUT2D eigenvalue weighted by Gasteiger charge is 2.32. The van der Waals surface area contributed by atoms with Gasteiger partial charge in [-0.15, -0.1) is 11.3 Å². The normalized spacial score (nSPS) is 17.9. The van der Waals surface area contributed by atoms with E-state index in [0.717, 1.165) is 12.8 Å². The van der Waals surface area contributed by atoms with Crippen molar-refractivity contribution in [2.75, 3.05) is 26.8 Å². The van der Waals surface area contributed by atoms with Crippen LogP contribution in [0.2, 0.25) is 0 Å². The van der Waals surface area contributed by atoms with Gasteiger partial charge in [0.15, 0.2) is 0 Å². The zero-order valence-corrected chi connectivity index (χ0v) is 12.8. The number of rotatable bonds is 6. The molecule has 4 nitrogen and oxygen atoms in total. The molecule has 1 aromatic heterocycles. The lowest BCUT2D eigenvalue weighted by Crippen LogP contribution is -2.47. The fourth-order valence-electron chi connectivity index (χ4n) is 2.50. The predicted octanol–water partition coefficient (Wildman–Crippen LogP) is 2.07. The molecular formula is C15H23NO3S. The van der Waals surface area contributed by atoms with E-state index in [1.54, 1.807) is 23.3 Å². The Morgan fingerprint density at radius 2 is 2.25 bits per heavy atom. The van der Waals surface area contributed by atoms with E-state index in [4.69, 9.17) is 4.74 Å². The van der Waals surface area contributed by atoms with Crippen LogP contribution in [0, 0.1) is 0 Å². The highest BCUT2D eigenvalue weighted by molar-refractivity contribution is 7.09. The Kier molecular flexibility index (Phi) is 5.57. The molecule has 0 aliphatic carbocycles. The second kappa shape index (κ2) is 7.20. The van der Waals surface area contributed by atoms with E-state index in [2.05, 4.69) is 11.4 Å². The Hall–Kier alpha value is -0.910. The molecule has 0 bridgehead atoms. The molecule has 1 amide bonds. The van der Waals surface area contributed by atoms with Gasteiger partial charge in [0.1, 0.15) is 0 Å². The average Bonchev–Trinajstić information content (AvgIpc) is 2.92. The van der Waals surface area contributed by atoms with Gasteiger partial charge in [-0.05, 0) is 24.3 Å². The van der Waals surface area contributed by atoms with Crippen molar-refractivity contribution in [1.82, 2.24) is 4.90 Å². The van der Waals surface area contributed by atoms with Gasteiger partial charge in [-0.2, -0.15) is 0 Å². The molecule has 0 unspecified atom stereocenters. The van der Waals surface area contributed by atoms with E-state index in [1.165, 1.54) is 4.88 Å². The van der Waals surface area contributed by atoms with Crippen molar-refractivity contribution in [3.05, 3.63) is 22.4 Å². The van der Waals surface area contributed by atoms with Gasteiger partial charge in [0, 0.05) is 50.9 Å². The number of hydrogen-bond donors (Lipinski definition) is 1. The SMILES string of the molecule is CN(CC1(O)CCOCC1)C(=O)CCCc1cccs1.